The Hall–Kier alpha value is -2.11. The number of aromatic carboxylic acids is 1. The molecule has 1 aromatic heterocycles. The average molecular weight is 292 g/mol. The number of carbonyl (C=O) groups excluding carboxylic acids is 1. The summed E-state index contributed by atoms with van der Waals surface area (Å²) in [6.07, 6.45) is 6.30. The van der Waals surface area contributed by atoms with Crippen LogP contribution in [0.15, 0.2) is 18.5 Å². The van der Waals surface area contributed by atoms with Crippen LogP contribution in [0.4, 0.5) is 0 Å². The maximum absolute atomic E-state index is 12.4. The molecule has 1 amide bonds. The third-order valence-corrected chi connectivity index (χ3v) is 3.58. The van der Waals surface area contributed by atoms with Crippen LogP contribution >= 0.6 is 0 Å². The maximum Gasteiger partial charge on any atom is 0.339 e. The predicted octanol–water partition coefficient (Wildman–Crippen LogP) is 1.95. The zero-order chi connectivity index (χ0) is 15.2. The van der Waals surface area contributed by atoms with Gasteiger partial charge in [-0.2, -0.15) is 0 Å². The highest BCUT2D eigenvalue weighted by Crippen LogP contribution is 2.19. The third-order valence-electron chi connectivity index (χ3n) is 3.58. The molecule has 6 nitrogen and oxygen atoms in total. The van der Waals surface area contributed by atoms with Gasteiger partial charge < -0.3 is 14.7 Å². The Balaban J connectivity index is 2.05. The van der Waals surface area contributed by atoms with Gasteiger partial charge in [0.15, 0.2) is 11.9 Å². The van der Waals surface area contributed by atoms with E-state index >= 15 is 0 Å². The van der Waals surface area contributed by atoms with E-state index < -0.39 is 12.1 Å². The number of likely N-dealkylation sites (tertiary alicyclic amines) is 1. The number of carboxylic acid groups (broad SMARTS) is 1. The van der Waals surface area contributed by atoms with E-state index in [-0.39, 0.29) is 17.2 Å². The van der Waals surface area contributed by atoms with Crippen molar-refractivity contribution in [3.05, 3.63) is 24.0 Å². The Morgan fingerprint density at radius 1 is 1.29 bits per heavy atom. The van der Waals surface area contributed by atoms with E-state index in [1.54, 1.807) is 11.8 Å². The van der Waals surface area contributed by atoms with E-state index in [2.05, 4.69) is 4.98 Å². The smallest absolute Gasteiger partial charge is 0.339 e. The lowest BCUT2D eigenvalue weighted by molar-refractivity contribution is -0.137. The molecule has 1 N–H and O–H groups in total. The molecule has 1 atom stereocenters. The monoisotopic (exact) mass is 292 g/mol. The summed E-state index contributed by atoms with van der Waals surface area (Å²) in [7, 11) is 0. The Morgan fingerprint density at radius 3 is 2.57 bits per heavy atom. The van der Waals surface area contributed by atoms with Crippen LogP contribution in [-0.2, 0) is 4.79 Å². The molecule has 0 saturated carbocycles. The lowest BCUT2D eigenvalue weighted by atomic mass is 10.2. The SMILES string of the molecule is CC(Oc1cnccc1C(=O)O)C(=O)N1CCCCCC1. The molecule has 0 aromatic carbocycles. The lowest BCUT2D eigenvalue weighted by Gasteiger charge is -2.24. The minimum absolute atomic E-state index is 0.0144. The molecule has 2 rings (SSSR count). The number of aromatic nitrogens is 1. The van der Waals surface area contributed by atoms with Crippen molar-refractivity contribution in [1.82, 2.24) is 9.88 Å². The zero-order valence-electron chi connectivity index (χ0n) is 12.1. The molecule has 21 heavy (non-hydrogen) atoms. The van der Waals surface area contributed by atoms with E-state index in [0.717, 1.165) is 38.8 Å². The largest absolute Gasteiger partial charge is 0.478 e. The van der Waals surface area contributed by atoms with Gasteiger partial charge in [0.2, 0.25) is 0 Å². The molecule has 1 fully saturated rings. The Morgan fingerprint density at radius 2 is 1.95 bits per heavy atom. The Labute approximate surface area is 123 Å². The second kappa shape index (κ2) is 7.06. The molecule has 0 bridgehead atoms. The number of ether oxygens (including phenoxy) is 1. The van der Waals surface area contributed by atoms with Gasteiger partial charge in [0.1, 0.15) is 5.56 Å². The van der Waals surface area contributed by atoms with Gasteiger partial charge in [0.05, 0.1) is 6.20 Å². The van der Waals surface area contributed by atoms with Gasteiger partial charge in [-0.3, -0.25) is 9.78 Å². The van der Waals surface area contributed by atoms with Crippen molar-refractivity contribution in [2.75, 3.05) is 13.1 Å². The van der Waals surface area contributed by atoms with E-state index in [0.29, 0.717) is 0 Å². The van der Waals surface area contributed by atoms with Crippen molar-refractivity contribution in [3.63, 3.8) is 0 Å². The van der Waals surface area contributed by atoms with Crippen molar-refractivity contribution in [1.29, 1.82) is 0 Å². The highest BCUT2D eigenvalue weighted by atomic mass is 16.5. The van der Waals surface area contributed by atoms with Crippen LogP contribution in [0.2, 0.25) is 0 Å². The van der Waals surface area contributed by atoms with Crippen LogP contribution in [0.25, 0.3) is 0 Å². The van der Waals surface area contributed by atoms with E-state index in [1.165, 1.54) is 18.5 Å². The first kappa shape index (κ1) is 15.3. The molecule has 6 heteroatoms. The van der Waals surface area contributed by atoms with E-state index in [4.69, 9.17) is 9.84 Å². The fourth-order valence-corrected chi connectivity index (χ4v) is 2.44. The molecule has 1 unspecified atom stereocenters. The van der Waals surface area contributed by atoms with Gasteiger partial charge in [-0.1, -0.05) is 12.8 Å². The number of pyridine rings is 1. The minimum atomic E-state index is -1.10. The molecule has 1 aromatic rings. The molecule has 0 radical (unpaired) electrons. The lowest BCUT2D eigenvalue weighted by Crippen LogP contribution is -2.41. The quantitative estimate of drug-likeness (QED) is 0.917. The Kier molecular flexibility index (Phi) is 5.14. The number of hydrogen-bond acceptors (Lipinski definition) is 4. The predicted molar refractivity (Wildman–Crippen MR) is 76.3 cm³/mol. The zero-order valence-corrected chi connectivity index (χ0v) is 12.1. The van der Waals surface area contributed by atoms with E-state index in [1.807, 2.05) is 0 Å². The minimum Gasteiger partial charge on any atom is -0.478 e. The van der Waals surface area contributed by atoms with Crippen LogP contribution in [0.3, 0.4) is 0 Å². The molecule has 114 valence electrons. The molecular formula is C15H20N2O4. The summed E-state index contributed by atoms with van der Waals surface area (Å²) >= 11 is 0. The summed E-state index contributed by atoms with van der Waals surface area (Å²) < 4.78 is 5.53. The number of amides is 1. The molecule has 0 aliphatic carbocycles. The molecule has 1 saturated heterocycles. The van der Waals surface area contributed by atoms with Crippen LogP contribution < -0.4 is 4.74 Å². The van der Waals surface area contributed by atoms with E-state index in [9.17, 15) is 9.59 Å². The number of carbonyl (C=O) groups is 2. The molecule has 0 spiro atoms. The maximum atomic E-state index is 12.4. The third kappa shape index (κ3) is 3.93. The normalized spacial score (nSPS) is 16.9. The topological polar surface area (TPSA) is 79.7 Å². The summed E-state index contributed by atoms with van der Waals surface area (Å²) in [5, 5.41) is 9.10. The number of nitrogens with zero attached hydrogens (tertiary/aromatic N) is 2. The molecular weight excluding hydrogens is 272 g/mol. The first-order chi connectivity index (χ1) is 10.1. The fourth-order valence-electron chi connectivity index (χ4n) is 2.44. The first-order valence-corrected chi connectivity index (χ1v) is 7.22. The number of carboxylic acids is 1. The highest BCUT2D eigenvalue weighted by molar-refractivity contribution is 5.91. The van der Waals surface area contributed by atoms with Crippen molar-refractivity contribution in [2.24, 2.45) is 0 Å². The van der Waals surface area contributed by atoms with Gasteiger partial charge in [-0.05, 0) is 25.8 Å². The fraction of sp³-hybridized carbons (Fsp3) is 0.533. The van der Waals surface area contributed by atoms with Crippen molar-refractivity contribution in [3.8, 4) is 5.75 Å². The molecule has 2 heterocycles. The summed E-state index contributed by atoms with van der Waals surface area (Å²) in [6.45, 7) is 3.13. The summed E-state index contributed by atoms with van der Waals surface area (Å²) in [6, 6.07) is 1.36. The summed E-state index contributed by atoms with van der Waals surface area (Å²) in [5.41, 5.74) is 0.0144. The van der Waals surface area contributed by atoms with Gasteiger partial charge in [0.25, 0.3) is 5.91 Å². The first-order valence-electron chi connectivity index (χ1n) is 7.22. The van der Waals surface area contributed by atoms with Crippen LogP contribution in [-0.4, -0.2) is 46.1 Å². The van der Waals surface area contributed by atoms with Gasteiger partial charge >= 0.3 is 5.97 Å². The van der Waals surface area contributed by atoms with Crippen LogP contribution in [0, 0.1) is 0 Å². The molecule has 1 aliphatic rings. The van der Waals surface area contributed by atoms with Gasteiger partial charge in [0, 0.05) is 19.3 Å². The van der Waals surface area contributed by atoms with Crippen molar-refractivity contribution < 1.29 is 19.4 Å². The van der Waals surface area contributed by atoms with Gasteiger partial charge in [-0.15, -0.1) is 0 Å². The summed E-state index contributed by atoms with van der Waals surface area (Å²) in [4.78, 5) is 29.1. The highest BCUT2D eigenvalue weighted by Gasteiger charge is 2.24. The van der Waals surface area contributed by atoms with Crippen molar-refractivity contribution in [2.45, 2.75) is 38.7 Å². The average Bonchev–Trinajstić information content (AvgIpc) is 2.75. The van der Waals surface area contributed by atoms with Crippen LogP contribution in [0.1, 0.15) is 43.0 Å². The Bertz CT molecular complexity index is 510. The number of hydrogen-bond donors (Lipinski definition) is 1. The van der Waals surface area contributed by atoms with Crippen molar-refractivity contribution >= 4 is 11.9 Å². The van der Waals surface area contributed by atoms with Gasteiger partial charge in [-0.25, -0.2) is 4.79 Å². The number of rotatable bonds is 4. The second-order valence-corrected chi connectivity index (χ2v) is 5.18. The molecule has 1 aliphatic heterocycles. The second-order valence-electron chi connectivity index (χ2n) is 5.18. The standard InChI is InChI=1S/C15H20N2O4/c1-11(14(18)17-8-4-2-3-5-9-17)21-13-10-16-7-6-12(13)15(19)20/h6-7,10-11H,2-5,8-9H2,1H3,(H,19,20). The van der Waals surface area contributed by atoms with Crippen LogP contribution in [0.5, 0.6) is 5.75 Å². The summed E-state index contributed by atoms with van der Waals surface area (Å²) in [5.74, 6) is -1.07.